The fraction of sp³-hybridized carbons (Fsp3) is 0.455. The number of aromatic hydroxyl groups is 1. The van der Waals surface area contributed by atoms with Gasteiger partial charge in [-0.2, -0.15) is 0 Å². The van der Waals surface area contributed by atoms with E-state index in [-0.39, 0.29) is 18.0 Å². The number of hydrogen-bond acceptors (Lipinski definition) is 3. The molecule has 1 aromatic carbocycles. The molecule has 0 amide bonds. The van der Waals surface area contributed by atoms with Crippen LogP contribution in [0.25, 0.3) is 0 Å². The van der Waals surface area contributed by atoms with E-state index in [9.17, 15) is 13.5 Å². The maximum absolute atomic E-state index is 11.7. The van der Waals surface area contributed by atoms with Gasteiger partial charge in [-0.05, 0) is 24.1 Å². The first-order valence-electron chi connectivity index (χ1n) is 5.17. The largest absolute Gasteiger partial charge is 0.508 e. The van der Waals surface area contributed by atoms with Gasteiger partial charge in [-0.15, -0.1) is 0 Å². The Bertz CT molecular complexity index is 442. The Balaban J connectivity index is 2.75. The lowest BCUT2D eigenvalue weighted by Crippen LogP contribution is -2.28. The SMILES string of the molecule is CCCS(=O)(=O)N(C)Cc1cccc(O)c1. The third-order valence-electron chi connectivity index (χ3n) is 2.25. The van der Waals surface area contributed by atoms with Gasteiger partial charge in [0.1, 0.15) is 5.75 Å². The summed E-state index contributed by atoms with van der Waals surface area (Å²) < 4.78 is 24.7. The minimum atomic E-state index is -3.17. The first kappa shape index (κ1) is 13.0. The van der Waals surface area contributed by atoms with Gasteiger partial charge in [-0.25, -0.2) is 12.7 Å². The molecule has 0 aliphatic rings. The van der Waals surface area contributed by atoms with E-state index in [0.29, 0.717) is 6.42 Å². The van der Waals surface area contributed by atoms with Crippen LogP contribution in [0.2, 0.25) is 0 Å². The molecule has 0 aliphatic heterocycles. The average Bonchev–Trinajstić information content (AvgIpc) is 2.17. The lowest BCUT2D eigenvalue weighted by atomic mass is 10.2. The summed E-state index contributed by atoms with van der Waals surface area (Å²) in [5, 5.41) is 9.26. The van der Waals surface area contributed by atoms with Crippen LogP contribution in [0, 0.1) is 0 Å². The van der Waals surface area contributed by atoms with Crippen molar-refractivity contribution in [3.63, 3.8) is 0 Å². The van der Waals surface area contributed by atoms with Gasteiger partial charge in [0.25, 0.3) is 0 Å². The molecule has 0 heterocycles. The van der Waals surface area contributed by atoms with Crippen molar-refractivity contribution in [2.24, 2.45) is 0 Å². The van der Waals surface area contributed by atoms with Crippen LogP contribution in [0.3, 0.4) is 0 Å². The van der Waals surface area contributed by atoms with Crippen molar-refractivity contribution < 1.29 is 13.5 Å². The number of hydrogen-bond donors (Lipinski definition) is 1. The number of phenolic OH excluding ortho intramolecular Hbond substituents is 1. The van der Waals surface area contributed by atoms with Gasteiger partial charge >= 0.3 is 0 Å². The van der Waals surface area contributed by atoms with Crippen molar-refractivity contribution in [1.82, 2.24) is 4.31 Å². The van der Waals surface area contributed by atoms with Crippen LogP contribution < -0.4 is 0 Å². The Hall–Kier alpha value is -1.07. The Morgan fingerprint density at radius 1 is 1.38 bits per heavy atom. The van der Waals surface area contributed by atoms with E-state index in [1.54, 1.807) is 31.3 Å². The fourth-order valence-electron chi connectivity index (χ4n) is 1.42. The molecule has 0 atom stereocenters. The molecule has 1 rings (SSSR count). The fourth-order valence-corrected chi connectivity index (χ4v) is 2.60. The highest BCUT2D eigenvalue weighted by atomic mass is 32.2. The third kappa shape index (κ3) is 3.50. The zero-order valence-corrected chi connectivity index (χ0v) is 10.4. The van der Waals surface area contributed by atoms with E-state index in [4.69, 9.17) is 0 Å². The Morgan fingerprint density at radius 2 is 2.06 bits per heavy atom. The first-order valence-corrected chi connectivity index (χ1v) is 6.78. The van der Waals surface area contributed by atoms with E-state index < -0.39 is 10.0 Å². The molecule has 1 aromatic rings. The summed E-state index contributed by atoms with van der Waals surface area (Å²) in [6.45, 7) is 2.12. The van der Waals surface area contributed by atoms with Gasteiger partial charge in [-0.3, -0.25) is 0 Å². The van der Waals surface area contributed by atoms with Crippen molar-refractivity contribution in [1.29, 1.82) is 0 Å². The topological polar surface area (TPSA) is 57.6 Å². The van der Waals surface area contributed by atoms with Gasteiger partial charge in [0.05, 0.1) is 5.75 Å². The molecule has 0 fully saturated rings. The molecular weight excluding hydrogens is 226 g/mol. The van der Waals surface area contributed by atoms with E-state index in [0.717, 1.165) is 5.56 Å². The predicted molar refractivity (Wildman–Crippen MR) is 63.7 cm³/mol. The van der Waals surface area contributed by atoms with Crippen LogP contribution in [-0.4, -0.2) is 30.6 Å². The highest BCUT2D eigenvalue weighted by Crippen LogP contribution is 2.14. The minimum absolute atomic E-state index is 0.152. The second kappa shape index (κ2) is 5.32. The van der Waals surface area contributed by atoms with E-state index in [1.165, 1.54) is 4.31 Å². The molecule has 0 bridgehead atoms. The molecule has 16 heavy (non-hydrogen) atoms. The zero-order valence-electron chi connectivity index (χ0n) is 9.55. The maximum atomic E-state index is 11.7. The predicted octanol–water partition coefficient (Wildman–Crippen LogP) is 1.56. The summed E-state index contributed by atoms with van der Waals surface area (Å²) in [5.74, 6) is 0.307. The first-order chi connectivity index (χ1) is 7.45. The number of benzene rings is 1. The average molecular weight is 243 g/mol. The summed E-state index contributed by atoms with van der Waals surface area (Å²) in [4.78, 5) is 0. The zero-order chi connectivity index (χ0) is 12.2. The lowest BCUT2D eigenvalue weighted by molar-refractivity contribution is 0.457. The molecule has 5 heteroatoms. The summed E-state index contributed by atoms with van der Waals surface area (Å²) in [6, 6.07) is 6.62. The molecule has 0 saturated heterocycles. The van der Waals surface area contributed by atoms with Gasteiger partial charge in [0.2, 0.25) is 10.0 Å². The van der Waals surface area contributed by atoms with Crippen molar-refractivity contribution in [3.05, 3.63) is 29.8 Å². The summed E-state index contributed by atoms with van der Waals surface area (Å²) in [7, 11) is -1.62. The number of rotatable bonds is 5. The van der Waals surface area contributed by atoms with Gasteiger partial charge in [0, 0.05) is 13.6 Å². The second-order valence-electron chi connectivity index (χ2n) is 3.74. The molecule has 90 valence electrons. The molecule has 1 N–H and O–H groups in total. The second-order valence-corrected chi connectivity index (χ2v) is 5.94. The molecule has 0 unspecified atom stereocenters. The van der Waals surface area contributed by atoms with E-state index in [1.807, 2.05) is 6.92 Å². The van der Waals surface area contributed by atoms with Crippen LogP contribution in [0.4, 0.5) is 0 Å². The summed E-state index contributed by atoms with van der Waals surface area (Å²) in [6.07, 6.45) is 0.604. The molecule has 4 nitrogen and oxygen atoms in total. The maximum Gasteiger partial charge on any atom is 0.214 e. The van der Waals surface area contributed by atoms with Crippen molar-refractivity contribution >= 4 is 10.0 Å². The summed E-state index contributed by atoms with van der Waals surface area (Å²) >= 11 is 0. The Kier molecular flexibility index (Phi) is 4.32. The number of phenols is 1. The van der Waals surface area contributed by atoms with Crippen LogP contribution in [0.15, 0.2) is 24.3 Å². The molecular formula is C11H17NO3S. The molecule has 0 radical (unpaired) electrons. The van der Waals surface area contributed by atoms with Gasteiger partial charge in [0.15, 0.2) is 0 Å². The third-order valence-corrected chi connectivity index (χ3v) is 4.26. The Labute approximate surface area is 96.6 Å². The monoisotopic (exact) mass is 243 g/mol. The minimum Gasteiger partial charge on any atom is -0.508 e. The van der Waals surface area contributed by atoms with E-state index >= 15 is 0 Å². The van der Waals surface area contributed by atoms with E-state index in [2.05, 4.69) is 0 Å². The summed E-state index contributed by atoms with van der Waals surface area (Å²) in [5.41, 5.74) is 0.780. The van der Waals surface area contributed by atoms with Gasteiger partial charge < -0.3 is 5.11 Å². The number of nitrogens with zero attached hydrogens (tertiary/aromatic N) is 1. The quantitative estimate of drug-likeness (QED) is 0.854. The van der Waals surface area contributed by atoms with Crippen LogP contribution in [-0.2, 0) is 16.6 Å². The van der Waals surface area contributed by atoms with Crippen LogP contribution in [0.5, 0.6) is 5.75 Å². The smallest absolute Gasteiger partial charge is 0.214 e. The van der Waals surface area contributed by atoms with Crippen molar-refractivity contribution in [2.75, 3.05) is 12.8 Å². The lowest BCUT2D eigenvalue weighted by Gasteiger charge is -2.16. The normalized spacial score (nSPS) is 11.9. The van der Waals surface area contributed by atoms with Gasteiger partial charge in [-0.1, -0.05) is 19.1 Å². The van der Waals surface area contributed by atoms with Crippen molar-refractivity contribution in [3.8, 4) is 5.75 Å². The molecule has 0 aliphatic carbocycles. The highest BCUT2D eigenvalue weighted by molar-refractivity contribution is 7.89. The van der Waals surface area contributed by atoms with Crippen LogP contribution in [0.1, 0.15) is 18.9 Å². The molecule has 0 aromatic heterocycles. The highest BCUT2D eigenvalue weighted by Gasteiger charge is 2.16. The molecule has 0 saturated carbocycles. The standard InChI is InChI=1S/C11H17NO3S/c1-3-7-16(14,15)12(2)9-10-5-4-6-11(13)8-10/h4-6,8,13H,3,7,9H2,1-2H3. The van der Waals surface area contributed by atoms with Crippen LogP contribution >= 0.6 is 0 Å². The number of sulfonamides is 1. The Morgan fingerprint density at radius 3 is 2.62 bits per heavy atom. The molecule has 0 spiro atoms. The van der Waals surface area contributed by atoms with Crippen molar-refractivity contribution in [2.45, 2.75) is 19.9 Å².